The van der Waals surface area contributed by atoms with Crippen molar-refractivity contribution in [1.82, 2.24) is 15.1 Å². The molecule has 0 radical (unpaired) electrons. The highest BCUT2D eigenvalue weighted by Gasteiger charge is 2.14. The van der Waals surface area contributed by atoms with Crippen LogP contribution in [0.1, 0.15) is 45.5 Å². The van der Waals surface area contributed by atoms with E-state index < -0.39 is 0 Å². The zero-order chi connectivity index (χ0) is 14.4. The third-order valence-corrected chi connectivity index (χ3v) is 4.33. The van der Waals surface area contributed by atoms with Crippen molar-refractivity contribution in [3.8, 4) is 0 Å². The standard InChI is InChI=1S/C14H25BrClN3/c1-5-12-14(15)13(19(6-2)18-12)9-17-8-11(16)7-10(3)4/h10-11,17H,5-9H2,1-4H3. The first-order valence-electron chi connectivity index (χ1n) is 7.08. The number of nitrogens with zero attached hydrogens (tertiary/aromatic N) is 2. The molecular formula is C14H25BrClN3. The fraction of sp³-hybridized carbons (Fsp3) is 0.786. The first-order chi connectivity index (χ1) is 8.99. The van der Waals surface area contributed by atoms with Gasteiger partial charge in [0.1, 0.15) is 0 Å². The maximum atomic E-state index is 6.29. The Bertz CT molecular complexity index is 390. The molecule has 0 saturated carbocycles. The van der Waals surface area contributed by atoms with Crippen LogP contribution in [-0.4, -0.2) is 21.7 Å². The summed E-state index contributed by atoms with van der Waals surface area (Å²) in [5.74, 6) is 0.642. The summed E-state index contributed by atoms with van der Waals surface area (Å²) in [6.07, 6.45) is 2.00. The van der Waals surface area contributed by atoms with E-state index in [9.17, 15) is 0 Å². The molecule has 1 heterocycles. The largest absolute Gasteiger partial charge is 0.310 e. The zero-order valence-electron chi connectivity index (χ0n) is 12.3. The molecule has 0 bridgehead atoms. The number of rotatable bonds is 8. The smallest absolute Gasteiger partial charge is 0.0767 e. The number of hydrogen-bond donors (Lipinski definition) is 1. The lowest BCUT2D eigenvalue weighted by Crippen LogP contribution is -2.25. The minimum Gasteiger partial charge on any atom is -0.310 e. The highest BCUT2D eigenvalue weighted by Crippen LogP contribution is 2.22. The molecule has 1 rings (SSSR count). The summed E-state index contributed by atoms with van der Waals surface area (Å²) in [5, 5.41) is 8.22. The van der Waals surface area contributed by atoms with Gasteiger partial charge in [-0.1, -0.05) is 20.8 Å². The van der Waals surface area contributed by atoms with E-state index >= 15 is 0 Å². The van der Waals surface area contributed by atoms with Crippen LogP contribution in [0.3, 0.4) is 0 Å². The molecular weight excluding hydrogens is 326 g/mol. The minimum atomic E-state index is 0.197. The predicted molar refractivity (Wildman–Crippen MR) is 85.8 cm³/mol. The summed E-state index contributed by atoms with van der Waals surface area (Å²) in [6, 6.07) is 0. The van der Waals surface area contributed by atoms with Gasteiger partial charge in [-0.2, -0.15) is 5.10 Å². The van der Waals surface area contributed by atoms with E-state index in [1.54, 1.807) is 0 Å². The van der Waals surface area contributed by atoms with Crippen molar-refractivity contribution >= 4 is 27.5 Å². The van der Waals surface area contributed by atoms with Crippen molar-refractivity contribution in [3.63, 3.8) is 0 Å². The van der Waals surface area contributed by atoms with Crippen LogP contribution in [0.15, 0.2) is 4.47 Å². The van der Waals surface area contributed by atoms with Gasteiger partial charge in [0.05, 0.1) is 15.9 Å². The average Bonchev–Trinajstić information content (AvgIpc) is 2.65. The van der Waals surface area contributed by atoms with Gasteiger partial charge in [-0.15, -0.1) is 11.6 Å². The normalized spacial score (nSPS) is 13.2. The molecule has 0 aliphatic heterocycles. The number of aryl methyl sites for hydroxylation is 2. The Labute approximate surface area is 130 Å². The average molecular weight is 351 g/mol. The summed E-state index contributed by atoms with van der Waals surface area (Å²) >= 11 is 9.95. The van der Waals surface area contributed by atoms with Crippen molar-refractivity contribution in [2.75, 3.05) is 6.54 Å². The lowest BCUT2D eigenvalue weighted by molar-refractivity contribution is 0.520. The first-order valence-corrected chi connectivity index (χ1v) is 8.31. The van der Waals surface area contributed by atoms with Gasteiger partial charge in [0, 0.05) is 25.0 Å². The molecule has 110 valence electrons. The van der Waals surface area contributed by atoms with Gasteiger partial charge in [-0.3, -0.25) is 4.68 Å². The van der Waals surface area contributed by atoms with Crippen LogP contribution in [0.25, 0.3) is 0 Å². The molecule has 5 heteroatoms. The van der Waals surface area contributed by atoms with E-state index in [4.69, 9.17) is 11.6 Å². The topological polar surface area (TPSA) is 29.9 Å². The Kier molecular flexibility index (Phi) is 7.40. The molecule has 1 N–H and O–H groups in total. The Morgan fingerprint density at radius 1 is 1.37 bits per heavy atom. The van der Waals surface area contributed by atoms with Gasteiger partial charge in [0.25, 0.3) is 0 Å². The molecule has 1 atom stereocenters. The maximum Gasteiger partial charge on any atom is 0.0767 e. The van der Waals surface area contributed by atoms with E-state index in [0.29, 0.717) is 5.92 Å². The van der Waals surface area contributed by atoms with Crippen molar-refractivity contribution in [2.45, 2.75) is 59.0 Å². The molecule has 0 aliphatic carbocycles. The second-order valence-corrected chi connectivity index (χ2v) is 6.64. The lowest BCUT2D eigenvalue weighted by Gasteiger charge is -2.13. The molecule has 0 aliphatic rings. The maximum absolute atomic E-state index is 6.29. The van der Waals surface area contributed by atoms with Gasteiger partial charge in [-0.05, 0) is 41.6 Å². The number of hydrogen-bond acceptors (Lipinski definition) is 2. The Balaban J connectivity index is 2.55. The summed E-state index contributed by atoms with van der Waals surface area (Å²) in [5.41, 5.74) is 2.34. The summed E-state index contributed by atoms with van der Waals surface area (Å²) in [7, 11) is 0. The first kappa shape index (κ1) is 17.0. The van der Waals surface area contributed by atoms with Gasteiger partial charge in [0.15, 0.2) is 0 Å². The number of alkyl halides is 1. The Morgan fingerprint density at radius 3 is 2.58 bits per heavy atom. The van der Waals surface area contributed by atoms with Gasteiger partial charge in [-0.25, -0.2) is 0 Å². The third kappa shape index (κ3) is 5.09. The monoisotopic (exact) mass is 349 g/mol. The number of nitrogens with one attached hydrogen (secondary N) is 1. The van der Waals surface area contributed by atoms with Gasteiger partial charge >= 0.3 is 0 Å². The van der Waals surface area contributed by atoms with E-state index in [2.05, 4.69) is 58.7 Å². The molecule has 1 unspecified atom stereocenters. The van der Waals surface area contributed by atoms with Crippen LogP contribution in [0, 0.1) is 5.92 Å². The number of halogens is 2. The highest BCUT2D eigenvalue weighted by molar-refractivity contribution is 9.10. The van der Waals surface area contributed by atoms with Gasteiger partial charge in [0.2, 0.25) is 0 Å². The summed E-state index contributed by atoms with van der Waals surface area (Å²) in [6.45, 7) is 11.2. The van der Waals surface area contributed by atoms with E-state index in [1.807, 2.05) is 0 Å². The molecule has 0 spiro atoms. The van der Waals surface area contributed by atoms with Crippen molar-refractivity contribution in [3.05, 3.63) is 15.9 Å². The second-order valence-electron chi connectivity index (χ2n) is 5.23. The van der Waals surface area contributed by atoms with Crippen LogP contribution in [0.5, 0.6) is 0 Å². The van der Waals surface area contributed by atoms with Crippen LogP contribution >= 0.6 is 27.5 Å². The Morgan fingerprint density at radius 2 is 2.05 bits per heavy atom. The summed E-state index contributed by atoms with van der Waals surface area (Å²) in [4.78, 5) is 0. The SMILES string of the molecule is CCc1nn(CC)c(CNCC(Cl)CC(C)C)c1Br. The minimum absolute atomic E-state index is 0.197. The van der Waals surface area contributed by atoms with E-state index in [0.717, 1.165) is 42.6 Å². The quantitative estimate of drug-likeness (QED) is 0.719. The highest BCUT2D eigenvalue weighted by atomic mass is 79.9. The van der Waals surface area contributed by atoms with Crippen LogP contribution in [0.4, 0.5) is 0 Å². The second kappa shape index (κ2) is 8.28. The zero-order valence-corrected chi connectivity index (χ0v) is 14.7. The van der Waals surface area contributed by atoms with E-state index in [1.165, 1.54) is 5.69 Å². The molecule has 1 aromatic rings. The van der Waals surface area contributed by atoms with Crippen LogP contribution in [0.2, 0.25) is 0 Å². The number of aromatic nitrogens is 2. The molecule has 0 amide bonds. The Hall–Kier alpha value is -0.0600. The fourth-order valence-corrected chi connectivity index (χ4v) is 3.30. The molecule has 1 aromatic heterocycles. The van der Waals surface area contributed by atoms with Crippen molar-refractivity contribution in [2.24, 2.45) is 5.92 Å². The molecule has 3 nitrogen and oxygen atoms in total. The lowest BCUT2D eigenvalue weighted by atomic mass is 10.1. The molecule has 0 fully saturated rings. The van der Waals surface area contributed by atoms with Gasteiger partial charge < -0.3 is 5.32 Å². The van der Waals surface area contributed by atoms with Crippen molar-refractivity contribution < 1.29 is 0 Å². The van der Waals surface area contributed by atoms with E-state index in [-0.39, 0.29) is 5.38 Å². The molecule has 19 heavy (non-hydrogen) atoms. The predicted octanol–water partition coefficient (Wildman–Crippen LogP) is 3.97. The van der Waals surface area contributed by atoms with Crippen LogP contribution in [-0.2, 0) is 19.5 Å². The fourth-order valence-electron chi connectivity index (χ4n) is 2.13. The third-order valence-electron chi connectivity index (χ3n) is 3.08. The molecule has 0 aromatic carbocycles. The molecule has 0 saturated heterocycles. The van der Waals surface area contributed by atoms with Crippen LogP contribution < -0.4 is 5.32 Å². The summed E-state index contributed by atoms with van der Waals surface area (Å²) < 4.78 is 3.20. The van der Waals surface area contributed by atoms with Crippen molar-refractivity contribution in [1.29, 1.82) is 0 Å².